The third-order valence-electron chi connectivity index (χ3n) is 2.80. The second kappa shape index (κ2) is 6.85. The molecule has 0 saturated carbocycles. The molecule has 0 aromatic carbocycles. The molecule has 102 valence electrons. The summed E-state index contributed by atoms with van der Waals surface area (Å²) in [5.41, 5.74) is 2.05. The maximum atomic E-state index is 11.3. The van der Waals surface area contributed by atoms with Crippen LogP contribution in [0.25, 0.3) is 0 Å². The molecule has 0 amide bonds. The second-order valence-electron chi connectivity index (χ2n) is 4.63. The zero-order valence-electron chi connectivity index (χ0n) is 11.3. The summed E-state index contributed by atoms with van der Waals surface area (Å²) in [5.74, 6) is 0.185. The number of aryl methyl sites for hydroxylation is 1. The van der Waals surface area contributed by atoms with Crippen LogP contribution in [0.5, 0.6) is 0 Å². The topological polar surface area (TPSA) is 59.1 Å². The van der Waals surface area contributed by atoms with E-state index >= 15 is 0 Å². The molecule has 1 aromatic heterocycles. The maximum absolute atomic E-state index is 11.3. The van der Waals surface area contributed by atoms with Crippen LogP contribution in [0.3, 0.4) is 0 Å². The predicted molar refractivity (Wildman–Crippen MR) is 74.3 cm³/mol. The zero-order valence-corrected chi connectivity index (χ0v) is 12.1. The van der Waals surface area contributed by atoms with Crippen molar-refractivity contribution >= 4 is 9.84 Å². The Kier molecular flexibility index (Phi) is 5.75. The highest BCUT2D eigenvalue weighted by Gasteiger charge is 2.16. The molecule has 1 heterocycles. The van der Waals surface area contributed by atoms with Gasteiger partial charge in [-0.25, -0.2) is 8.42 Å². The largest absolute Gasteiger partial charge is 0.309 e. The van der Waals surface area contributed by atoms with E-state index in [9.17, 15) is 8.42 Å². The highest BCUT2D eigenvalue weighted by molar-refractivity contribution is 7.90. The fourth-order valence-corrected chi connectivity index (χ4v) is 2.51. The van der Waals surface area contributed by atoms with Crippen molar-refractivity contribution < 1.29 is 8.42 Å². The highest BCUT2D eigenvalue weighted by Crippen LogP contribution is 2.18. The molecule has 0 aliphatic carbocycles. The van der Waals surface area contributed by atoms with Crippen molar-refractivity contribution in [2.45, 2.75) is 32.7 Å². The third kappa shape index (κ3) is 5.14. The van der Waals surface area contributed by atoms with Gasteiger partial charge in [0.1, 0.15) is 9.84 Å². The Bertz CT molecular complexity index is 472. The first-order chi connectivity index (χ1) is 8.44. The van der Waals surface area contributed by atoms with Gasteiger partial charge >= 0.3 is 0 Å². The van der Waals surface area contributed by atoms with E-state index < -0.39 is 9.84 Å². The minimum absolute atomic E-state index is 0.0147. The molecule has 5 heteroatoms. The smallest absolute Gasteiger partial charge is 0.147 e. The lowest BCUT2D eigenvalue weighted by atomic mass is 10.1. The van der Waals surface area contributed by atoms with Gasteiger partial charge in [0.15, 0.2) is 0 Å². The number of nitrogens with zero attached hydrogens (tertiary/aromatic N) is 1. The molecule has 0 fully saturated rings. The number of sulfone groups is 1. The summed E-state index contributed by atoms with van der Waals surface area (Å²) in [4.78, 5) is 4.37. The van der Waals surface area contributed by atoms with E-state index in [0.29, 0.717) is 6.42 Å². The van der Waals surface area contributed by atoms with Crippen molar-refractivity contribution in [3.8, 4) is 0 Å². The Balaban J connectivity index is 2.81. The van der Waals surface area contributed by atoms with Crippen LogP contribution < -0.4 is 5.32 Å². The van der Waals surface area contributed by atoms with Crippen LogP contribution in [0.4, 0.5) is 0 Å². The van der Waals surface area contributed by atoms with Gasteiger partial charge in [-0.15, -0.1) is 0 Å². The lowest BCUT2D eigenvalue weighted by Crippen LogP contribution is -2.26. The molecule has 0 aliphatic heterocycles. The van der Waals surface area contributed by atoms with E-state index in [4.69, 9.17) is 0 Å². The molecule has 1 aromatic rings. The van der Waals surface area contributed by atoms with Crippen LogP contribution in [0.15, 0.2) is 18.3 Å². The van der Waals surface area contributed by atoms with Gasteiger partial charge in [-0.05, 0) is 37.9 Å². The summed E-state index contributed by atoms with van der Waals surface area (Å²) in [7, 11) is -2.93. The Morgan fingerprint density at radius 3 is 2.72 bits per heavy atom. The molecule has 18 heavy (non-hydrogen) atoms. The van der Waals surface area contributed by atoms with Crippen LogP contribution >= 0.6 is 0 Å². The second-order valence-corrected chi connectivity index (χ2v) is 6.89. The fourth-order valence-electron chi connectivity index (χ4n) is 1.85. The molecule has 1 N–H and O–H groups in total. The third-order valence-corrected chi connectivity index (χ3v) is 3.78. The average Bonchev–Trinajstić information content (AvgIpc) is 2.29. The Hall–Kier alpha value is -0.940. The van der Waals surface area contributed by atoms with Crippen LogP contribution in [-0.4, -0.2) is 32.0 Å². The predicted octanol–water partition coefficient (Wildman–Crippen LogP) is 1.87. The Morgan fingerprint density at radius 1 is 1.44 bits per heavy atom. The van der Waals surface area contributed by atoms with E-state index in [2.05, 4.69) is 17.2 Å². The van der Waals surface area contributed by atoms with Gasteiger partial charge in [0, 0.05) is 12.5 Å². The van der Waals surface area contributed by atoms with Crippen molar-refractivity contribution in [2.75, 3.05) is 18.6 Å². The van der Waals surface area contributed by atoms with Gasteiger partial charge < -0.3 is 5.32 Å². The summed E-state index contributed by atoms with van der Waals surface area (Å²) in [6.07, 6.45) is 4.61. The minimum atomic E-state index is -2.93. The highest BCUT2D eigenvalue weighted by atomic mass is 32.2. The Morgan fingerprint density at radius 2 is 2.17 bits per heavy atom. The normalized spacial score (nSPS) is 13.5. The van der Waals surface area contributed by atoms with Crippen molar-refractivity contribution in [3.63, 3.8) is 0 Å². The monoisotopic (exact) mass is 270 g/mol. The van der Waals surface area contributed by atoms with Gasteiger partial charge in [0.2, 0.25) is 0 Å². The molecular formula is C13H22N2O2S. The van der Waals surface area contributed by atoms with Crippen molar-refractivity contribution in [1.82, 2.24) is 10.3 Å². The standard InChI is InChI=1S/C13H22N2O2S/c1-4-8-14-12(7-10-18(3,16)17)13-11(2)6-5-9-15-13/h5-6,9,12,14H,4,7-8,10H2,1-3H3. The molecule has 4 nitrogen and oxygen atoms in total. The zero-order chi connectivity index (χ0) is 13.6. The van der Waals surface area contributed by atoms with Crippen LogP contribution in [0.1, 0.15) is 37.1 Å². The van der Waals surface area contributed by atoms with Crippen molar-refractivity contribution in [3.05, 3.63) is 29.6 Å². The molecule has 1 unspecified atom stereocenters. The summed E-state index contributed by atoms with van der Waals surface area (Å²) in [5, 5.41) is 3.37. The molecule has 0 aliphatic rings. The van der Waals surface area contributed by atoms with E-state index in [1.165, 1.54) is 6.26 Å². The van der Waals surface area contributed by atoms with Crippen molar-refractivity contribution in [2.24, 2.45) is 0 Å². The molecule has 0 radical (unpaired) electrons. The molecule has 1 atom stereocenters. The van der Waals surface area contributed by atoms with Gasteiger partial charge in [-0.1, -0.05) is 13.0 Å². The number of pyridine rings is 1. The van der Waals surface area contributed by atoms with E-state index in [0.717, 1.165) is 24.2 Å². The number of aromatic nitrogens is 1. The van der Waals surface area contributed by atoms with E-state index in [-0.39, 0.29) is 11.8 Å². The van der Waals surface area contributed by atoms with Gasteiger partial charge in [-0.3, -0.25) is 4.98 Å². The summed E-state index contributed by atoms with van der Waals surface area (Å²) in [6, 6.07) is 3.91. The minimum Gasteiger partial charge on any atom is -0.309 e. The quantitative estimate of drug-likeness (QED) is 0.821. The van der Waals surface area contributed by atoms with E-state index in [1.807, 2.05) is 19.1 Å². The molecule has 1 rings (SSSR count). The van der Waals surface area contributed by atoms with Crippen molar-refractivity contribution in [1.29, 1.82) is 0 Å². The molecule has 0 spiro atoms. The van der Waals surface area contributed by atoms with Crippen LogP contribution in [0.2, 0.25) is 0 Å². The maximum Gasteiger partial charge on any atom is 0.147 e. The number of rotatable bonds is 7. The van der Waals surface area contributed by atoms with Crippen LogP contribution in [0, 0.1) is 6.92 Å². The Labute approximate surface area is 110 Å². The lowest BCUT2D eigenvalue weighted by Gasteiger charge is -2.19. The van der Waals surface area contributed by atoms with Gasteiger partial charge in [0.05, 0.1) is 17.5 Å². The number of hydrogen-bond acceptors (Lipinski definition) is 4. The van der Waals surface area contributed by atoms with Gasteiger partial charge in [0.25, 0.3) is 0 Å². The summed E-state index contributed by atoms with van der Waals surface area (Å²) >= 11 is 0. The summed E-state index contributed by atoms with van der Waals surface area (Å²) in [6.45, 7) is 4.96. The fraction of sp³-hybridized carbons (Fsp3) is 0.615. The number of hydrogen-bond donors (Lipinski definition) is 1. The average molecular weight is 270 g/mol. The first kappa shape index (κ1) is 15.1. The lowest BCUT2D eigenvalue weighted by molar-refractivity contribution is 0.501. The number of nitrogens with one attached hydrogen (secondary N) is 1. The molecule has 0 bridgehead atoms. The van der Waals surface area contributed by atoms with Gasteiger partial charge in [-0.2, -0.15) is 0 Å². The molecule has 0 saturated heterocycles. The van der Waals surface area contributed by atoms with Crippen LogP contribution in [-0.2, 0) is 9.84 Å². The first-order valence-electron chi connectivity index (χ1n) is 6.26. The van der Waals surface area contributed by atoms with E-state index in [1.54, 1.807) is 6.20 Å². The summed E-state index contributed by atoms with van der Waals surface area (Å²) < 4.78 is 22.6. The first-order valence-corrected chi connectivity index (χ1v) is 8.32. The SMILES string of the molecule is CCCNC(CCS(C)(=O)=O)c1ncccc1C. The molecular weight excluding hydrogens is 248 g/mol.